The third kappa shape index (κ3) is 4.67. The van der Waals surface area contributed by atoms with Crippen LogP contribution in [-0.4, -0.2) is 19.5 Å². The second-order valence-corrected chi connectivity index (χ2v) is 12.5. The predicted octanol–water partition coefficient (Wildman–Crippen LogP) is 11.5. The van der Waals surface area contributed by atoms with Gasteiger partial charge in [-0.05, 0) is 65.7 Å². The zero-order valence-electron chi connectivity index (χ0n) is 26.9. The molecule has 3 heterocycles. The second kappa shape index (κ2) is 11.4. The highest BCUT2D eigenvalue weighted by atomic mass is 16.3. The number of hydrogen-bond donors (Lipinski definition) is 0. The summed E-state index contributed by atoms with van der Waals surface area (Å²) in [5, 5.41) is 4.56. The van der Waals surface area contributed by atoms with Crippen LogP contribution in [0.4, 0.5) is 0 Å². The van der Waals surface area contributed by atoms with Crippen LogP contribution in [0.1, 0.15) is 0 Å². The van der Waals surface area contributed by atoms with Crippen molar-refractivity contribution in [2.75, 3.05) is 0 Å². The Labute approximate surface area is 287 Å². The van der Waals surface area contributed by atoms with Crippen LogP contribution >= 0.6 is 0 Å². The van der Waals surface area contributed by atoms with E-state index in [1.165, 1.54) is 16.3 Å². The van der Waals surface area contributed by atoms with Gasteiger partial charge in [0, 0.05) is 43.9 Å². The lowest BCUT2D eigenvalue weighted by Gasteiger charge is -2.11. The topological polar surface area (TPSA) is 56.7 Å². The first kappa shape index (κ1) is 28.2. The van der Waals surface area contributed by atoms with Crippen molar-refractivity contribution in [1.82, 2.24) is 19.5 Å². The SMILES string of the molecule is c1ccc(-c2nc(-c3cccc(-c4ccc5c6ccccc6n(-c6ccccc6)c5c4)c3)nc(-c3ccc4oc5ccccc5c4c3)n2)cc1. The molecule has 7 aromatic carbocycles. The predicted molar refractivity (Wildman–Crippen MR) is 203 cm³/mol. The van der Waals surface area contributed by atoms with Gasteiger partial charge in [0.2, 0.25) is 0 Å². The minimum atomic E-state index is 0.611. The summed E-state index contributed by atoms with van der Waals surface area (Å²) in [6, 6.07) is 58.7. The molecule has 0 saturated heterocycles. The maximum absolute atomic E-state index is 6.11. The van der Waals surface area contributed by atoms with Gasteiger partial charge in [-0.3, -0.25) is 0 Å². The Morgan fingerprint density at radius 3 is 1.72 bits per heavy atom. The van der Waals surface area contributed by atoms with E-state index in [2.05, 4.69) is 114 Å². The molecule has 5 nitrogen and oxygen atoms in total. The van der Waals surface area contributed by atoms with Crippen LogP contribution in [0, 0.1) is 0 Å². The first-order valence-corrected chi connectivity index (χ1v) is 16.7. The van der Waals surface area contributed by atoms with Gasteiger partial charge >= 0.3 is 0 Å². The molecule has 0 spiro atoms. The second-order valence-electron chi connectivity index (χ2n) is 12.5. The summed E-state index contributed by atoms with van der Waals surface area (Å²) in [6.45, 7) is 0. The van der Waals surface area contributed by atoms with Crippen LogP contribution in [-0.2, 0) is 0 Å². The molecular formula is C45H28N4O. The molecule has 50 heavy (non-hydrogen) atoms. The lowest BCUT2D eigenvalue weighted by atomic mass is 10.0. The van der Waals surface area contributed by atoms with Crippen molar-refractivity contribution in [2.45, 2.75) is 0 Å². The Bertz CT molecular complexity index is 2870. The van der Waals surface area contributed by atoms with Gasteiger partial charge in [0.1, 0.15) is 11.2 Å². The molecule has 0 fully saturated rings. The molecule has 0 aliphatic carbocycles. The van der Waals surface area contributed by atoms with E-state index in [1.807, 2.05) is 60.7 Å². The van der Waals surface area contributed by atoms with E-state index >= 15 is 0 Å². The number of nitrogens with zero attached hydrogens (tertiary/aromatic N) is 4. The standard InChI is InChI=1S/C45H28N4O/c1-3-12-29(13-4-1)43-46-44(48-45(47-43)33-23-25-42-38(27-33)37-19-8-10-21-41(37)50-42)32-15-11-14-30(26-32)31-22-24-36-35-18-7-9-20-39(35)49(40(36)28-31)34-16-5-2-6-17-34/h1-28H. The average Bonchev–Trinajstić information content (AvgIpc) is 3.73. The Morgan fingerprint density at radius 2 is 0.900 bits per heavy atom. The van der Waals surface area contributed by atoms with E-state index in [-0.39, 0.29) is 0 Å². The van der Waals surface area contributed by atoms with Crippen molar-refractivity contribution in [3.63, 3.8) is 0 Å². The van der Waals surface area contributed by atoms with Crippen LogP contribution in [0.15, 0.2) is 174 Å². The molecular weight excluding hydrogens is 613 g/mol. The van der Waals surface area contributed by atoms with Crippen molar-refractivity contribution < 1.29 is 4.42 Å². The van der Waals surface area contributed by atoms with E-state index < -0.39 is 0 Å². The van der Waals surface area contributed by atoms with Crippen molar-refractivity contribution >= 4 is 43.7 Å². The molecule has 10 rings (SSSR count). The number of aromatic nitrogens is 4. The maximum Gasteiger partial charge on any atom is 0.164 e. The van der Waals surface area contributed by atoms with Gasteiger partial charge < -0.3 is 8.98 Å². The first-order chi connectivity index (χ1) is 24.8. The van der Waals surface area contributed by atoms with Crippen LogP contribution in [0.25, 0.3) is 94.7 Å². The van der Waals surface area contributed by atoms with Gasteiger partial charge in [-0.25, -0.2) is 15.0 Å². The third-order valence-electron chi connectivity index (χ3n) is 9.44. The Kier molecular flexibility index (Phi) is 6.42. The van der Waals surface area contributed by atoms with E-state index in [1.54, 1.807) is 0 Å². The van der Waals surface area contributed by atoms with Gasteiger partial charge in [0.15, 0.2) is 17.5 Å². The Hall–Kier alpha value is -6.85. The third-order valence-corrected chi connectivity index (χ3v) is 9.44. The molecule has 0 aliphatic rings. The van der Waals surface area contributed by atoms with Gasteiger partial charge in [-0.2, -0.15) is 0 Å². The monoisotopic (exact) mass is 640 g/mol. The van der Waals surface area contributed by atoms with Crippen molar-refractivity contribution in [3.05, 3.63) is 170 Å². The molecule has 0 unspecified atom stereocenters. The van der Waals surface area contributed by atoms with Crippen LogP contribution in [0.2, 0.25) is 0 Å². The molecule has 0 radical (unpaired) electrons. The summed E-state index contributed by atoms with van der Waals surface area (Å²) in [5.74, 6) is 1.86. The fourth-order valence-electron chi connectivity index (χ4n) is 7.06. The fourth-order valence-corrected chi connectivity index (χ4v) is 7.06. The highest BCUT2D eigenvalue weighted by molar-refractivity contribution is 6.10. The number of rotatable bonds is 5. The fraction of sp³-hybridized carbons (Fsp3) is 0. The molecule has 234 valence electrons. The van der Waals surface area contributed by atoms with Gasteiger partial charge in [-0.1, -0.05) is 115 Å². The highest BCUT2D eigenvalue weighted by Crippen LogP contribution is 2.36. The number of hydrogen-bond acceptors (Lipinski definition) is 4. The van der Waals surface area contributed by atoms with Gasteiger partial charge in [0.25, 0.3) is 0 Å². The Balaban J connectivity index is 1.13. The summed E-state index contributed by atoms with van der Waals surface area (Å²) in [6.07, 6.45) is 0. The summed E-state index contributed by atoms with van der Waals surface area (Å²) in [5.41, 5.74) is 10.1. The van der Waals surface area contributed by atoms with E-state index in [4.69, 9.17) is 19.4 Å². The lowest BCUT2D eigenvalue weighted by molar-refractivity contribution is 0.669. The molecule has 5 heteroatoms. The smallest absolute Gasteiger partial charge is 0.164 e. The minimum absolute atomic E-state index is 0.611. The van der Waals surface area contributed by atoms with Crippen LogP contribution in [0.3, 0.4) is 0 Å². The Morgan fingerprint density at radius 1 is 0.340 bits per heavy atom. The number of benzene rings is 7. The summed E-state index contributed by atoms with van der Waals surface area (Å²) >= 11 is 0. The summed E-state index contributed by atoms with van der Waals surface area (Å²) in [7, 11) is 0. The van der Waals surface area contributed by atoms with Crippen molar-refractivity contribution in [2.24, 2.45) is 0 Å². The lowest BCUT2D eigenvalue weighted by Crippen LogP contribution is -2.00. The molecule has 3 aromatic heterocycles. The zero-order valence-corrected chi connectivity index (χ0v) is 26.9. The van der Waals surface area contributed by atoms with Crippen molar-refractivity contribution in [1.29, 1.82) is 0 Å². The number of furan rings is 1. The molecule has 0 N–H and O–H groups in total. The van der Waals surface area contributed by atoms with Crippen LogP contribution in [0.5, 0.6) is 0 Å². The minimum Gasteiger partial charge on any atom is -0.456 e. The molecule has 0 amide bonds. The highest BCUT2D eigenvalue weighted by Gasteiger charge is 2.16. The quantitative estimate of drug-likeness (QED) is 0.188. The van der Waals surface area contributed by atoms with Gasteiger partial charge in [-0.15, -0.1) is 0 Å². The normalized spacial score (nSPS) is 11.6. The van der Waals surface area contributed by atoms with Gasteiger partial charge in [0.05, 0.1) is 11.0 Å². The zero-order chi connectivity index (χ0) is 33.0. The maximum atomic E-state index is 6.11. The van der Waals surface area contributed by atoms with E-state index in [0.29, 0.717) is 17.5 Å². The molecule has 0 bridgehead atoms. The average molecular weight is 641 g/mol. The van der Waals surface area contributed by atoms with E-state index in [9.17, 15) is 0 Å². The van der Waals surface area contributed by atoms with E-state index in [0.717, 1.165) is 61.0 Å². The van der Waals surface area contributed by atoms with Crippen LogP contribution < -0.4 is 0 Å². The summed E-state index contributed by atoms with van der Waals surface area (Å²) < 4.78 is 8.46. The first-order valence-electron chi connectivity index (χ1n) is 16.7. The number of fused-ring (bicyclic) bond motifs is 6. The number of para-hydroxylation sites is 3. The van der Waals surface area contributed by atoms with Crippen molar-refractivity contribution in [3.8, 4) is 51.0 Å². The molecule has 0 aliphatic heterocycles. The molecule has 0 saturated carbocycles. The summed E-state index contributed by atoms with van der Waals surface area (Å²) in [4.78, 5) is 15.1. The molecule has 0 atom stereocenters. The largest absolute Gasteiger partial charge is 0.456 e. The molecule has 10 aromatic rings.